The van der Waals surface area contributed by atoms with Gasteiger partial charge in [0.2, 0.25) is 0 Å². The van der Waals surface area contributed by atoms with Gasteiger partial charge in [-0.1, -0.05) is 0 Å². The molecule has 0 aliphatic rings. The van der Waals surface area contributed by atoms with E-state index in [0.717, 1.165) is 0 Å². The molecular weight excluding hydrogens is 184 g/mol. The zero-order chi connectivity index (χ0) is 10.4. The van der Waals surface area contributed by atoms with Gasteiger partial charge in [0.05, 0.1) is 13.2 Å². The van der Waals surface area contributed by atoms with Gasteiger partial charge in [-0.2, -0.15) is 5.26 Å². The molecule has 0 radical (unpaired) electrons. The van der Waals surface area contributed by atoms with Crippen molar-refractivity contribution in [3.8, 4) is 6.07 Å². The van der Waals surface area contributed by atoms with Gasteiger partial charge in [-0.05, 0) is 0 Å². The van der Waals surface area contributed by atoms with E-state index in [-0.39, 0.29) is 12.5 Å². The number of methoxy groups -OCH3 is 1. The number of nitrogens with zero attached hydrogens (tertiary/aromatic N) is 3. The topological polar surface area (TPSA) is 86.1 Å². The SMILES string of the molecule is COCCOCn1cnc(N)c1C#N. The second kappa shape index (κ2) is 5.21. The lowest BCUT2D eigenvalue weighted by Gasteiger charge is -2.04. The molecule has 76 valence electrons. The summed E-state index contributed by atoms with van der Waals surface area (Å²) in [4.78, 5) is 3.79. The highest BCUT2D eigenvalue weighted by atomic mass is 16.5. The molecular formula is C8H12N4O2. The fourth-order valence-corrected chi connectivity index (χ4v) is 0.922. The molecule has 0 aromatic carbocycles. The van der Waals surface area contributed by atoms with E-state index >= 15 is 0 Å². The molecule has 1 aromatic rings. The van der Waals surface area contributed by atoms with Crippen molar-refractivity contribution >= 4 is 5.82 Å². The number of ether oxygens (including phenoxy) is 2. The number of nitriles is 1. The zero-order valence-electron chi connectivity index (χ0n) is 7.93. The summed E-state index contributed by atoms with van der Waals surface area (Å²) in [6.07, 6.45) is 1.47. The van der Waals surface area contributed by atoms with Crippen molar-refractivity contribution in [2.24, 2.45) is 0 Å². The number of rotatable bonds is 5. The van der Waals surface area contributed by atoms with E-state index in [1.54, 1.807) is 11.7 Å². The first-order valence-electron chi connectivity index (χ1n) is 4.07. The molecule has 2 N–H and O–H groups in total. The van der Waals surface area contributed by atoms with Crippen molar-refractivity contribution in [2.45, 2.75) is 6.73 Å². The lowest BCUT2D eigenvalue weighted by molar-refractivity contribution is 0.0338. The summed E-state index contributed by atoms with van der Waals surface area (Å²) in [5.41, 5.74) is 5.77. The molecule has 1 heterocycles. The molecule has 0 spiro atoms. The molecule has 1 aromatic heterocycles. The Hall–Kier alpha value is -1.58. The molecule has 0 saturated heterocycles. The number of anilines is 1. The van der Waals surface area contributed by atoms with Crippen LogP contribution >= 0.6 is 0 Å². The van der Waals surface area contributed by atoms with E-state index in [0.29, 0.717) is 18.9 Å². The Morgan fingerprint density at radius 2 is 2.43 bits per heavy atom. The molecule has 14 heavy (non-hydrogen) atoms. The highest BCUT2D eigenvalue weighted by molar-refractivity contribution is 5.43. The summed E-state index contributed by atoms with van der Waals surface area (Å²) in [5.74, 6) is 0.225. The van der Waals surface area contributed by atoms with Crippen LogP contribution in [0, 0.1) is 11.3 Å². The van der Waals surface area contributed by atoms with Crippen LogP contribution in [0.1, 0.15) is 5.69 Å². The second-order valence-corrected chi connectivity index (χ2v) is 2.59. The minimum atomic E-state index is 0.225. The molecule has 0 saturated carbocycles. The van der Waals surface area contributed by atoms with Gasteiger partial charge in [-0.15, -0.1) is 0 Å². The number of aromatic nitrogens is 2. The second-order valence-electron chi connectivity index (χ2n) is 2.59. The Kier molecular flexibility index (Phi) is 3.91. The quantitative estimate of drug-likeness (QED) is 0.667. The predicted octanol–water partition coefficient (Wildman–Crippen LogP) is -0.0425. The maximum absolute atomic E-state index is 8.72. The van der Waals surface area contributed by atoms with Gasteiger partial charge in [0.15, 0.2) is 11.5 Å². The predicted molar refractivity (Wildman–Crippen MR) is 49.2 cm³/mol. The Balaban J connectivity index is 2.47. The molecule has 0 fully saturated rings. The maximum atomic E-state index is 8.72. The van der Waals surface area contributed by atoms with Crippen LogP contribution in [0.4, 0.5) is 5.82 Å². The van der Waals surface area contributed by atoms with Gasteiger partial charge >= 0.3 is 0 Å². The van der Waals surface area contributed by atoms with Crippen LogP contribution < -0.4 is 5.73 Å². The van der Waals surface area contributed by atoms with Crippen LogP contribution in [0.25, 0.3) is 0 Å². The highest BCUT2D eigenvalue weighted by Gasteiger charge is 2.06. The fourth-order valence-electron chi connectivity index (χ4n) is 0.922. The molecule has 0 unspecified atom stereocenters. The third kappa shape index (κ3) is 2.45. The fraction of sp³-hybridized carbons (Fsp3) is 0.500. The zero-order valence-corrected chi connectivity index (χ0v) is 7.93. The number of nitrogens with two attached hydrogens (primary N) is 1. The van der Waals surface area contributed by atoms with Crippen molar-refractivity contribution in [3.05, 3.63) is 12.0 Å². The van der Waals surface area contributed by atoms with Gasteiger partial charge in [0, 0.05) is 7.11 Å². The minimum absolute atomic E-state index is 0.225. The van der Waals surface area contributed by atoms with Gasteiger partial charge in [0.1, 0.15) is 19.1 Å². The van der Waals surface area contributed by atoms with Crippen molar-refractivity contribution in [2.75, 3.05) is 26.1 Å². The monoisotopic (exact) mass is 196 g/mol. The van der Waals surface area contributed by atoms with E-state index in [4.69, 9.17) is 20.5 Å². The minimum Gasteiger partial charge on any atom is -0.382 e. The first-order valence-corrected chi connectivity index (χ1v) is 4.07. The van der Waals surface area contributed by atoms with Crippen molar-refractivity contribution in [3.63, 3.8) is 0 Å². The lowest BCUT2D eigenvalue weighted by Crippen LogP contribution is -2.08. The molecule has 6 nitrogen and oxygen atoms in total. The van der Waals surface area contributed by atoms with Crippen molar-refractivity contribution in [1.29, 1.82) is 5.26 Å². The Morgan fingerprint density at radius 1 is 1.64 bits per heavy atom. The average Bonchev–Trinajstić information content (AvgIpc) is 2.54. The van der Waals surface area contributed by atoms with Crippen LogP contribution in [-0.4, -0.2) is 29.9 Å². The summed E-state index contributed by atoms with van der Waals surface area (Å²) < 4.78 is 11.6. The Bertz CT molecular complexity index is 329. The van der Waals surface area contributed by atoms with Crippen LogP contribution in [-0.2, 0) is 16.2 Å². The van der Waals surface area contributed by atoms with E-state index < -0.39 is 0 Å². The van der Waals surface area contributed by atoms with E-state index in [1.165, 1.54) is 6.33 Å². The molecule has 0 bridgehead atoms. The van der Waals surface area contributed by atoms with Gasteiger partial charge < -0.3 is 15.2 Å². The van der Waals surface area contributed by atoms with Crippen molar-refractivity contribution in [1.82, 2.24) is 9.55 Å². The van der Waals surface area contributed by atoms with Gasteiger partial charge in [-0.3, -0.25) is 4.57 Å². The third-order valence-electron chi connectivity index (χ3n) is 1.63. The number of hydrogen-bond acceptors (Lipinski definition) is 5. The van der Waals surface area contributed by atoms with Crippen molar-refractivity contribution < 1.29 is 9.47 Å². The summed E-state index contributed by atoms with van der Waals surface area (Å²) in [7, 11) is 1.60. The Morgan fingerprint density at radius 3 is 3.07 bits per heavy atom. The maximum Gasteiger partial charge on any atom is 0.165 e. The summed E-state index contributed by atoms with van der Waals surface area (Å²) in [5, 5.41) is 8.72. The van der Waals surface area contributed by atoms with Gasteiger partial charge in [0.25, 0.3) is 0 Å². The molecule has 6 heteroatoms. The molecule has 0 amide bonds. The van der Waals surface area contributed by atoms with Gasteiger partial charge in [-0.25, -0.2) is 4.98 Å². The average molecular weight is 196 g/mol. The smallest absolute Gasteiger partial charge is 0.165 e. The molecule has 0 aliphatic carbocycles. The third-order valence-corrected chi connectivity index (χ3v) is 1.63. The highest BCUT2D eigenvalue weighted by Crippen LogP contribution is 2.07. The van der Waals surface area contributed by atoms with Crippen LogP contribution in [0.15, 0.2) is 6.33 Å². The summed E-state index contributed by atoms with van der Waals surface area (Å²) >= 11 is 0. The largest absolute Gasteiger partial charge is 0.382 e. The van der Waals surface area contributed by atoms with E-state index in [2.05, 4.69) is 4.98 Å². The first kappa shape index (κ1) is 10.5. The normalized spacial score (nSPS) is 10.0. The molecule has 0 aliphatic heterocycles. The lowest BCUT2D eigenvalue weighted by atomic mass is 10.5. The number of imidazole rings is 1. The standard InChI is InChI=1S/C8H12N4O2/c1-13-2-3-14-6-12-5-11-8(10)7(12)4-9/h5H,2-3,6,10H2,1H3. The van der Waals surface area contributed by atoms with Crippen LogP contribution in [0.2, 0.25) is 0 Å². The number of hydrogen-bond donors (Lipinski definition) is 1. The Labute approximate surface area is 81.9 Å². The van der Waals surface area contributed by atoms with Crippen LogP contribution in [0.3, 0.4) is 0 Å². The van der Waals surface area contributed by atoms with E-state index in [9.17, 15) is 0 Å². The summed E-state index contributed by atoms with van der Waals surface area (Å²) in [6, 6.07) is 1.95. The van der Waals surface area contributed by atoms with E-state index in [1.807, 2.05) is 6.07 Å². The van der Waals surface area contributed by atoms with Crippen LogP contribution in [0.5, 0.6) is 0 Å². The summed E-state index contributed by atoms with van der Waals surface area (Å²) in [6.45, 7) is 1.25. The first-order chi connectivity index (χ1) is 6.79. The molecule has 0 atom stereocenters. The molecule has 1 rings (SSSR count). The number of nitrogen functional groups attached to an aromatic ring is 1.